The van der Waals surface area contributed by atoms with E-state index in [1.165, 1.54) is 22.7 Å². The molecule has 0 spiro atoms. The molecule has 0 N–H and O–H groups in total. The van der Waals surface area contributed by atoms with E-state index in [4.69, 9.17) is 0 Å². The second-order valence-electron chi connectivity index (χ2n) is 4.47. The number of rotatable bonds is 1. The fourth-order valence-corrected chi connectivity index (χ4v) is 2.43. The van der Waals surface area contributed by atoms with Gasteiger partial charge in [-0.3, -0.25) is 9.20 Å². The van der Waals surface area contributed by atoms with Gasteiger partial charge in [-0.05, 0) is 35.0 Å². The van der Waals surface area contributed by atoms with Gasteiger partial charge in [0.2, 0.25) is 0 Å². The van der Waals surface area contributed by atoms with Crippen molar-refractivity contribution in [2.75, 3.05) is 0 Å². The van der Waals surface area contributed by atoms with Crippen molar-refractivity contribution in [2.45, 2.75) is 6.92 Å². The molecule has 0 atom stereocenters. The Morgan fingerprint density at radius 1 is 1.19 bits per heavy atom. The number of hydrogen-bond donors (Lipinski definition) is 0. The molecule has 0 bridgehead atoms. The average Bonchev–Trinajstić information content (AvgIpc) is 2.39. The molecule has 4 nitrogen and oxygen atoms in total. The van der Waals surface area contributed by atoms with Gasteiger partial charge in [-0.25, -0.2) is 18.7 Å². The van der Waals surface area contributed by atoms with Gasteiger partial charge in [0.05, 0.1) is 0 Å². The lowest BCUT2D eigenvalue weighted by atomic mass is 10.1. The van der Waals surface area contributed by atoms with Crippen molar-refractivity contribution >= 4 is 21.6 Å². The number of benzene rings is 1. The Balaban J connectivity index is 2.44. The van der Waals surface area contributed by atoms with Crippen molar-refractivity contribution in [1.29, 1.82) is 0 Å². The Morgan fingerprint density at radius 3 is 2.67 bits per heavy atom. The molecule has 0 aliphatic carbocycles. The van der Waals surface area contributed by atoms with E-state index in [9.17, 15) is 13.6 Å². The third-order valence-electron chi connectivity index (χ3n) is 2.93. The molecule has 2 heterocycles. The Labute approximate surface area is 126 Å². The molecule has 0 saturated heterocycles. The van der Waals surface area contributed by atoms with Gasteiger partial charge >= 0.3 is 0 Å². The first-order valence-corrected chi connectivity index (χ1v) is 6.77. The maximum atomic E-state index is 14.0. The Bertz CT molecular complexity index is 924. The zero-order valence-corrected chi connectivity index (χ0v) is 12.4. The molecule has 0 aliphatic heterocycles. The van der Waals surface area contributed by atoms with Crippen LogP contribution in [0.1, 0.15) is 5.69 Å². The summed E-state index contributed by atoms with van der Waals surface area (Å²) in [6.45, 7) is 1.66. The maximum Gasteiger partial charge on any atom is 0.258 e. The van der Waals surface area contributed by atoms with E-state index in [-0.39, 0.29) is 22.5 Å². The SMILES string of the molecule is Cc1cc(=O)n2cc(Br)nc(-c3ccc(F)cc3F)c2n1. The molecule has 2 aromatic heterocycles. The second-order valence-corrected chi connectivity index (χ2v) is 5.28. The molecule has 3 aromatic rings. The lowest BCUT2D eigenvalue weighted by Gasteiger charge is -2.09. The summed E-state index contributed by atoms with van der Waals surface area (Å²) in [7, 11) is 0. The van der Waals surface area contributed by atoms with Gasteiger partial charge < -0.3 is 0 Å². The van der Waals surface area contributed by atoms with Crippen LogP contribution in [0, 0.1) is 18.6 Å². The van der Waals surface area contributed by atoms with Crippen molar-refractivity contribution in [3.8, 4) is 11.3 Å². The summed E-state index contributed by atoms with van der Waals surface area (Å²) < 4.78 is 28.6. The smallest absolute Gasteiger partial charge is 0.258 e. The highest BCUT2D eigenvalue weighted by atomic mass is 79.9. The molecule has 0 unspecified atom stereocenters. The van der Waals surface area contributed by atoms with Crippen LogP contribution in [-0.4, -0.2) is 14.4 Å². The fourth-order valence-electron chi connectivity index (χ4n) is 2.05. The highest BCUT2D eigenvalue weighted by molar-refractivity contribution is 9.10. The first-order chi connectivity index (χ1) is 9.95. The van der Waals surface area contributed by atoms with Crippen molar-refractivity contribution in [3.63, 3.8) is 0 Å². The van der Waals surface area contributed by atoms with E-state index in [0.717, 1.165) is 12.1 Å². The molecule has 3 rings (SSSR count). The van der Waals surface area contributed by atoms with Crippen LogP contribution < -0.4 is 5.56 Å². The molecule has 106 valence electrons. The molecule has 0 fully saturated rings. The third-order valence-corrected chi connectivity index (χ3v) is 3.31. The van der Waals surface area contributed by atoms with E-state index >= 15 is 0 Å². The summed E-state index contributed by atoms with van der Waals surface area (Å²) >= 11 is 3.18. The predicted molar refractivity (Wildman–Crippen MR) is 77.0 cm³/mol. The molecule has 0 radical (unpaired) electrons. The van der Waals surface area contributed by atoms with E-state index in [0.29, 0.717) is 10.3 Å². The van der Waals surface area contributed by atoms with E-state index < -0.39 is 11.6 Å². The number of aromatic nitrogens is 3. The van der Waals surface area contributed by atoms with E-state index in [1.54, 1.807) is 6.92 Å². The quantitative estimate of drug-likeness (QED) is 0.676. The topological polar surface area (TPSA) is 47.3 Å². The molecule has 21 heavy (non-hydrogen) atoms. The van der Waals surface area contributed by atoms with Crippen LogP contribution in [0.3, 0.4) is 0 Å². The van der Waals surface area contributed by atoms with Crippen molar-refractivity contribution in [2.24, 2.45) is 0 Å². The molecule has 1 aromatic carbocycles. The highest BCUT2D eigenvalue weighted by Crippen LogP contribution is 2.26. The van der Waals surface area contributed by atoms with Crippen LogP contribution in [0.25, 0.3) is 16.9 Å². The van der Waals surface area contributed by atoms with Crippen molar-refractivity contribution < 1.29 is 8.78 Å². The standard InChI is InChI=1S/C14H8BrF2N3O/c1-7-4-12(21)20-6-11(15)19-13(14(20)18-7)9-3-2-8(16)5-10(9)17/h2-6H,1H3. The first kappa shape index (κ1) is 13.8. The normalized spacial score (nSPS) is 11.0. The highest BCUT2D eigenvalue weighted by Gasteiger charge is 2.15. The number of hydrogen-bond acceptors (Lipinski definition) is 3. The zero-order chi connectivity index (χ0) is 15.1. The van der Waals surface area contributed by atoms with Crippen LogP contribution in [-0.2, 0) is 0 Å². The van der Waals surface area contributed by atoms with Gasteiger partial charge in [0.25, 0.3) is 5.56 Å². The maximum absolute atomic E-state index is 14.0. The monoisotopic (exact) mass is 351 g/mol. The number of halogens is 3. The lowest BCUT2D eigenvalue weighted by Crippen LogP contribution is -2.16. The lowest BCUT2D eigenvalue weighted by molar-refractivity contribution is 0.585. The summed E-state index contributed by atoms with van der Waals surface area (Å²) in [5, 5.41) is 0. The van der Waals surface area contributed by atoms with Gasteiger partial charge in [0, 0.05) is 29.6 Å². The Morgan fingerprint density at radius 2 is 1.95 bits per heavy atom. The molecule has 7 heteroatoms. The number of nitrogens with zero attached hydrogens (tertiary/aromatic N) is 3. The van der Waals surface area contributed by atoms with Crippen LogP contribution in [0.2, 0.25) is 0 Å². The fraction of sp³-hybridized carbons (Fsp3) is 0.0714. The van der Waals surface area contributed by atoms with Crippen LogP contribution in [0.4, 0.5) is 8.78 Å². The van der Waals surface area contributed by atoms with Gasteiger partial charge in [-0.1, -0.05) is 0 Å². The third kappa shape index (κ3) is 2.44. The number of fused-ring (bicyclic) bond motifs is 1. The summed E-state index contributed by atoms with van der Waals surface area (Å²) in [6, 6.07) is 4.53. The molecule has 0 aliphatic rings. The van der Waals surface area contributed by atoms with E-state index in [2.05, 4.69) is 25.9 Å². The first-order valence-electron chi connectivity index (χ1n) is 5.97. The summed E-state index contributed by atoms with van der Waals surface area (Å²) in [5.41, 5.74) is 0.654. The molecular weight excluding hydrogens is 344 g/mol. The van der Waals surface area contributed by atoms with Crippen LogP contribution >= 0.6 is 15.9 Å². The van der Waals surface area contributed by atoms with Gasteiger partial charge in [-0.15, -0.1) is 0 Å². The Kier molecular flexibility index (Phi) is 3.29. The van der Waals surface area contributed by atoms with Crippen LogP contribution in [0.5, 0.6) is 0 Å². The summed E-state index contributed by atoms with van der Waals surface area (Å²) in [4.78, 5) is 20.4. The molecular formula is C14H8BrF2N3O. The number of aryl methyl sites for hydroxylation is 1. The van der Waals surface area contributed by atoms with Crippen LogP contribution in [0.15, 0.2) is 39.9 Å². The van der Waals surface area contributed by atoms with Crippen molar-refractivity contribution in [3.05, 3.63) is 62.7 Å². The minimum absolute atomic E-state index is 0.0766. The average molecular weight is 352 g/mol. The Hall–Kier alpha value is -2.15. The minimum atomic E-state index is -0.766. The molecule has 0 saturated carbocycles. The predicted octanol–water partition coefficient (Wildman–Crippen LogP) is 3.11. The second kappa shape index (κ2) is 5.00. The van der Waals surface area contributed by atoms with Gasteiger partial charge in [0.1, 0.15) is 21.9 Å². The minimum Gasteiger partial charge on any atom is -0.269 e. The van der Waals surface area contributed by atoms with Gasteiger partial charge in [-0.2, -0.15) is 0 Å². The van der Waals surface area contributed by atoms with E-state index in [1.807, 2.05) is 0 Å². The van der Waals surface area contributed by atoms with Gasteiger partial charge in [0.15, 0.2) is 5.65 Å². The van der Waals surface area contributed by atoms with Crippen molar-refractivity contribution in [1.82, 2.24) is 14.4 Å². The molecule has 0 amide bonds. The zero-order valence-electron chi connectivity index (χ0n) is 10.8. The largest absolute Gasteiger partial charge is 0.269 e. The summed E-state index contributed by atoms with van der Waals surface area (Å²) in [5.74, 6) is -1.45. The summed E-state index contributed by atoms with van der Waals surface area (Å²) in [6.07, 6.45) is 1.45.